The first-order chi connectivity index (χ1) is 12.6. The Bertz CT molecular complexity index is 963. The van der Waals surface area contributed by atoms with Crippen LogP contribution >= 0.6 is 11.8 Å². The fourth-order valence-electron chi connectivity index (χ4n) is 3.36. The van der Waals surface area contributed by atoms with Crippen molar-refractivity contribution in [3.63, 3.8) is 0 Å². The van der Waals surface area contributed by atoms with Crippen molar-refractivity contribution in [1.82, 2.24) is 9.55 Å². The number of aromatic nitrogens is 2. The van der Waals surface area contributed by atoms with Crippen molar-refractivity contribution < 1.29 is 4.79 Å². The molecule has 0 aliphatic carbocycles. The van der Waals surface area contributed by atoms with Gasteiger partial charge in [0.05, 0.1) is 11.4 Å². The fraction of sp³-hybridized carbons (Fsp3) is 0.238. The zero-order valence-corrected chi connectivity index (χ0v) is 15.8. The number of rotatable bonds is 4. The first-order valence-electron chi connectivity index (χ1n) is 8.75. The molecule has 0 fully saturated rings. The Balaban J connectivity index is 1.51. The molecule has 0 atom stereocenters. The molecule has 132 valence electrons. The molecule has 1 aliphatic rings. The second kappa shape index (κ2) is 7.00. The number of benzene rings is 2. The molecular weight excluding hydrogens is 342 g/mol. The highest BCUT2D eigenvalue weighted by molar-refractivity contribution is 7.99. The van der Waals surface area contributed by atoms with Crippen LogP contribution in [-0.4, -0.2) is 27.8 Å². The third kappa shape index (κ3) is 3.15. The van der Waals surface area contributed by atoms with Gasteiger partial charge in [0.25, 0.3) is 0 Å². The molecule has 4 nitrogen and oxygen atoms in total. The van der Waals surface area contributed by atoms with Crippen LogP contribution < -0.4 is 4.90 Å². The predicted molar refractivity (Wildman–Crippen MR) is 106 cm³/mol. The lowest BCUT2D eigenvalue weighted by Gasteiger charge is -2.17. The van der Waals surface area contributed by atoms with Crippen molar-refractivity contribution in [3.8, 4) is 5.69 Å². The number of anilines is 1. The molecule has 0 N–H and O–H groups in total. The minimum absolute atomic E-state index is 0.135. The van der Waals surface area contributed by atoms with E-state index in [-0.39, 0.29) is 5.91 Å². The monoisotopic (exact) mass is 363 g/mol. The van der Waals surface area contributed by atoms with E-state index in [2.05, 4.69) is 47.7 Å². The number of imidazole rings is 1. The Morgan fingerprint density at radius 3 is 2.88 bits per heavy atom. The van der Waals surface area contributed by atoms with E-state index in [1.807, 2.05) is 29.3 Å². The molecule has 5 heteroatoms. The van der Waals surface area contributed by atoms with E-state index < -0.39 is 0 Å². The van der Waals surface area contributed by atoms with E-state index in [1.165, 1.54) is 28.5 Å². The van der Waals surface area contributed by atoms with Gasteiger partial charge in [-0.1, -0.05) is 42.1 Å². The van der Waals surface area contributed by atoms with Gasteiger partial charge in [-0.15, -0.1) is 0 Å². The van der Waals surface area contributed by atoms with Crippen LogP contribution in [0.2, 0.25) is 0 Å². The maximum absolute atomic E-state index is 12.7. The van der Waals surface area contributed by atoms with E-state index in [9.17, 15) is 4.79 Å². The number of hydrogen-bond donors (Lipinski definition) is 0. The molecule has 0 spiro atoms. The average molecular weight is 363 g/mol. The Hall–Kier alpha value is -2.53. The van der Waals surface area contributed by atoms with Crippen molar-refractivity contribution in [1.29, 1.82) is 0 Å². The van der Waals surface area contributed by atoms with E-state index in [0.717, 1.165) is 29.5 Å². The third-order valence-electron chi connectivity index (χ3n) is 4.74. The maximum Gasteiger partial charge on any atom is 0.237 e. The first kappa shape index (κ1) is 16.9. The number of fused-ring (bicyclic) bond motifs is 1. The standard InChI is InChI=1S/C21H21N3OS/c1-15-7-8-16(2)19(13-15)24-12-10-22-21(24)26-14-20(25)23-11-9-17-5-3-4-6-18(17)23/h3-8,10,12-13H,9,11,14H2,1-2H3. The number of aryl methyl sites for hydroxylation is 2. The summed E-state index contributed by atoms with van der Waals surface area (Å²) in [5, 5.41) is 0.847. The number of para-hydroxylation sites is 1. The molecule has 1 aromatic heterocycles. The Morgan fingerprint density at radius 2 is 2.00 bits per heavy atom. The molecule has 0 saturated heterocycles. The van der Waals surface area contributed by atoms with Gasteiger partial charge in [0.15, 0.2) is 5.16 Å². The van der Waals surface area contributed by atoms with Crippen LogP contribution in [0.4, 0.5) is 5.69 Å². The molecule has 2 heterocycles. The molecule has 0 unspecified atom stereocenters. The number of thioether (sulfide) groups is 1. The second-order valence-electron chi connectivity index (χ2n) is 6.58. The van der Waals surface area contributed by atoms with Crippen LogP contribution in [-0.2, 0) is 11.2 Å². The van der Waals surface area contributed by atoms with Gasteiger partial charge in [-0.3, -0.25) is 9.36 Å². The summed E-state index contributed by atoms with van der Waals surface area (Å²) in [6.45, 7) is 4.95. The summed E-state index contributed by atoms with van der Waals surface area (Å²) in [6.07, 6.45) is 4.68. The topological polar surface area (TPSA) is 38.1 Å². The lowest BCUT2D eigenvalue weighted by molar-refractivity contribution is -0.116. The number of amides is 1. The molecule has 4 rings (SSSR count). The summed E-state index contributed by atoms with van der Waals surface area (Å²) < 4.78 is 2.07. The van der Waals surface area contributed by atoms with Gasteiger partial charge in [0.1, 0.15) is 0 Å². The van der Waals surface area contributed by atoms with Crippen molar-refractivity contribution in [2.75, 3.05) is 17.2 Å². The van der Waals surface area contributed by atoms with E-state index in [0.29, 0.717) is 5.75 Å². The zero-order valence-electron chi connectivity index (χ0n) is 15.0. The quantitative estimate of drug-likeness (QED) is 0.653. The molecule has 1 amide bonds. The first-order valence-corrected chi connectivity index (χ1v) is 9.74. The molecule has 0 bridgehead atoms. The molecule has 26 heavy (non-hydrogen) atoms. The average Bonchev–Trinajstić information content (AvgIpc) is 3.28. The molecule has 3 aromatic rings. The minimum Gasteiger partial charge on any atom is -0.311 e. The minimum atomic E-state index is 0.135. The van der Waals surface area contributed by atoms with Gasteiger partial charge in [0, 0.05) is 24.6 Å². The highest BCUT2D eigenvalue weighted by Gasteiger charge is 2.24. The number of carbonyl (C=O) groups excluding carboxylic acids is 1. The Labute approximate surface area is 157 Å². The number of nitrogens with zero attached hydrogens (tertiary/aromatic N) is 3. The molecule has 0 saturated carbocycles. The SMILES string of the molecule is Cc1ccc(C)c(-n2ccnc2SCC(=O)N2CCc3ccccc32)c1. The van der Waals surface area contributed by atoms with Crippen LogP contribution in [0.3, 0.4) is 0 Å². The van der Waals surface area contributed by atoms with Gasteiger partial charge in [-0.25, -0.2) is 4.98 Å². The summed E-state index contributed by atoms with van der Waals surface area (Å²) >= 11 is 1.49. The van der Waals surface area contributed by atoms with Crippen molar-refractivity contribution in [2.45, 2.75) is 25.4 Å². The van der Waals surface area contributed by atoms with Gasteiger partial charge in [0.2, 0.25) is 5.91 Å². The largest absolute Gasteiger partial charge is 0.311 e. The van der Waals surface area contributed by atoms with Gasteiger partial charge < -0.3 is 4.90 Å². The fourth-order valence-corrected chi connectivity index (χ4v) is 4.20. The van der Waals surface area contributed by atoms with Crippen molar-refractivity contribution >= 4 is 23.4 Å². The molecule has 1 aliphatic heterocycles. The smallest absolute Gasteiger partial charge is 0.237 e. The number of carbonyl (C=O) groups is 1. The normalized spacial score (nSPS) is 13.1. The lowest BCUT2D eigenvalue weighted by atomic mass is 10.1. The highest BCUT2D eigenvalue weighted by Crippen LogP contribution is 2.29. The predicted octanol–water partition coefficient (Wildman–Crippen LogP) is 4.17. The summed E-state index contributed by atoms with van der Waals surface area (Å²) in [4.78, 5) is 19.1. The van der Waals surface area contributed by atoms with Gasteiger partial charge >= 0.3 is 0 Å². The van der Waals surface area contributed by atoms with E-state index in [1.54, 1.807) is 6.20 Å². The van der Waals surface area contributed by atoms with Crippen LogP contribution in [0.15, 0.2) is 60.0 Å². The van der Waals surface area contributed by atoms with E-state index >= 15 is 0 Å². The molecule has 0 radical (unpaired) electrons. The molecular formula is C21H21N3OS. The second-order valence-corrected chi connectivity index (χ2v) is 7.53. The van der Waals surface area contributed by atoms with Crippen LogP contribution in [0.5, 0.6) is 0 Å². The molecule has 2 aromatic carbocycles. The Morgan fingerprint density at radius 1 is 1.15 bits per heavy atom. The highest BCUT2D eigenvalue weighted by atomic mass is 32.2. The van der Waals surface area contributed by atoms with Crippen LogP contribution in [0, 0.1) is 13.8 Å². The van der Waals surface area contributed by atoms with E-state index in [4.69, 9.17) is 0 Å². The van der Waals surface area contributed by atoms with Crippen LogP contribution in [0.25, 0.3) is 5.69 Å². The summed E-state index contributed by atoms with van der Waals surface area (Å²) in [6, 6.07) is 14.5. The van der Waals surface area contributed by atoms with Gasteiger partial charge in [-0.2, -0.15) is 0 Å². The van der Waals surface area contributed by atoms with Gasteiger partial charge in [-0.05, 0) is 49.1 Å². The summed E-state index contributed by atoms with van der Waals surface area (Å²) in [7, 11) is 0. The number of hydrogen-bond acceptors (Lipinski definition) is 3. The Kier molecular flexibility index (Phi) is 4.55. The summed E-state index contributed by atoms with van der Waals surface area (Å²) in [5.41, 5.74) is 5.82. The summed E-state index contributed by atoms with van der Waals surface area (Å²) in [5.74, 6) is 0.520. The van der Waals surface area contributed by atoms with Crippen LogP contribution in [0.1, 0.15) is 16.7 Å². The van der Waals surface area contributed by atoms with Crippen molar-refractivity contribution in [2.24, 2.45) is 0 Å². The van der Waals surface area contributed by atoms with Crippen molar-refractivity contribution in [3.05, 3.63) is 71.5 Å². The third-order valence-corrected chi connectivity index (χ3v) is 5.70. The zero-order chi connectivity index (χ0) is 18.1. The lowest BCUT2D eigenvalue weighted by Crippen LogP contribution is -2.30. The maximum atomic E-state index is 12.7.